The Morgan fingerprint density at radius 3 is 2.52 bits per heavy atom. The van der Waals surface area contributed by atoms with Crippen LogP contribution >= 0.6 is 11.9 Å². The molecule has 2 atom stereocenters. The maximum atomic E-state index is 15.2. The SMILES string of the molecule is Cc1nncn1C1CCN(c2ccc(CN3S[C@@H](c4ccccc4)CC[C@@H]3C)c(F)c2)CC1. The number of hydrogen-bond acceptors (Lipinski definition) is 5. The number of anilines is 1. The van der Waals surface area contributed by atoms with Gasteiger partial charge in [0.15, 0.2) is 0 Å². The largest absolute Gasteiger partial charge is 0.371 e. The zero-order valence-electron chi connectivity index (χ0n) is 19.4. The quantitative estimate of drug-likeness (QED) is 0.436. The lowest BCUT2D eigenvalue weighted by molar-refractivity contribution is 0.317. The maximum absolute atomic E-state index is 15.2. The first-order valence-electron chi connectivity index (χ1n) is 12.0. The molecule has 3 aromatic rings. The number of aromatic nitrogens is 3. The van der Waals surface area contributed by atoms with Crippen molar-refractivity contribution < 1.29 is 4.39 Å². The van der Waals surface area contributed by atoms with Crippen LogP contribution in [0.2, 0.25) is 0 Å². The van der Waals surface area contributed by atoms with E-state index >= 15 is 4.39 Å². The minimum Gasteiger partial charge on any atom is -0.371 e. The number of nitrogens with zero attached hydrogens (tertiary/aromatic N) is 5. The second-order valence-electron chi connectivity index (χ2n) is 9.29. The Labute approximate surface area is 200 Å². The van der Waals surface area contributed by atoms with E-state index in [1.54, 1.807) is 6.07 Å². The molecule has 5 nitrogen and oxygen atoms in total. The molecule has 2 aromatic carbocycles. The third kappa shape index (κ3) is 4.94. The van der Waals surface area contributed by atoms with Crippen molar-refractivity contribution >= 4 is 17.6 Å². The molecule has 33 heavy (non-hydrogen) atoms. The molecular formula is C26H32FN5S. The summed E-state index contributed by atoms with van der Waals surface area (Å²) in [6, 6.07) is 17.4. The predicted octanol–water partition coefficient (Wildman–Crippen LogP) is 5.94. The standard InChI is InChI=1S/C26H32FN5S/c1-19-8-11-26(21-6-4-3-5-7-21)33-32(19)17-22-9-10-24(16-25(22)27)30-14-12-23(13-15-30)31-18-28-29-20(31)2/h3-7,9-10,16,18-19,23,26H,8,11-15,17H2,1-2H3/t19-,26+/m0/s1. The molecule has 0 aliphatic carbocycles. The summed E-state index contributed by atoms with van der Waals surface area (Å²) in [5, 5.41) is 8.57. The van der Waals surface area contributed by atoms with E-state index in [0.717, 1.165) is 49.4 Å². The van der Waals surface area contributed by atoms with E-state index in [2.05, 4.69) is 67.3 Å². The van der Waals surface area contributed by atoms with Crippen molar-refractivity contribution in [2.24, 2.45) is 0 Å². The minimum absolute atomic E-state index is 0.0982. The molecule has 174 valence electrons. The van der Waals surface area contributed by atoms with Gasteiger partial charge in [-0.1, -0.05) is 48.3 Å². The predicted molar refractivity (Wildman–Crippen MR) is 133 cm³/mol. The summed E-state index contributed by atoms with van der Waals surface area (Å²) < 4.78 is 19.7. The summed E-state index contributed by atoms with van der Waals surface area (Å²) in [5.41, 5.74) is 3.12. The molecule has 2 aliphatic heterocycles. The van der Waals surface area contributed by atoms with E-state index < -0.39 is 0 Å². The smallest absolute Gasteiger partial charge is 0.129 e. The third-order valence-corrected chi connectivity index (χ3v) is 8.63. The summed E-state index contributed by atoms with van der Waals surface area (Å²) in [4.78, 5) is 2.30. The summed E-state index contributed by atoms with van der Waals surface area (Å²) in [5.74, 6) is 0.863. The van der Waals surface area contributed by atoms with Crippen molar-refractivity contribution in [1.82, 2.24) is 19.1 Å². The first-order valence-corrected chi connectivity index (χ1v) is 12.8. The van der Waals surface area contributed by atoms with E-state index in [1.165, 1.54) is 12.0 Å². The number of aryl methyl sites for hydroxylation is 1. The van der Waals surface area contributed by atoms with Gasteiger partial charge in [0, 0.05) is 48.2 Å². The van der Waals surface area contributed by atoms with Crippen LogP contribution in [0.5, 0.6) is 0 Å². The Morgan fingerprint density at radius 2 is 1.82 bits per heavy atom. The number of hydrogen-bond donors (Lipinski definition) is 0. The number of benzene rings is 2. The molecule has 1 aromatic heterocycles. The van der Waals surface area contributed by atoms with Crippen LogP contribution in [-0.2, 0) is 6.54 Å². The molecule has 0 saturated carbocycles. The van der Waals surface area contributed by atoms with Gasteiger partial charge in [0.2, 0.25) is 0 Å². The second kappa shape index (κ2) is 9.85. The zero-order chi connectivity index (χ0) is 22.8. The first-order chi connectivity index (χ1) is 16.1. The molecule has 2 fully saturated rings. The molecule has 2 saturated heterocycles. The number of halogens is 1. The fraction of sp³-hybridized carbons (Fsp3) is 0.462. The van der Waals surface area contributed by atoms with Gasteiger partial charge in [-0.15, -0.1) is 10.2 Å². The van der Waals surface area contributed by atoms with Gasteiger partial charge in [0.05, 0.1) is 0 Å². The highest BCUT2D eigenvalue weighted by Gasteiger charge is 2.28. The van der Waals surface area contributed by atoms with Gasteiger partial charge in [0.1, 0.15) is 18.0 Å². The van der Waals surface area contributed by atoms with Gasteiger partial charge >= 0.3 is 0 Å². The lowest BCUT2D eigenvalue weighted by Crippen LogP contribution is -2.35. The van der Waals surface area contributed by atoms with Gasteiger partial charge in [0.25, 0.3) is 0 Å². The fourth-order valence-corrected chi connectivity index (χ4v) is 6.41. The van der Waals surface area contributed by atoms with Crippen LogP contribution in [0.25, 0.3) is 0 Å². The normalized spacial score (nSPS) is 22.6. The number of piperidine rings is 1. The molecule has 0 radical (unpaired) electrons. The van der Waals surface area contributed by atoms with Gasteiger partial charge in [-0.25, -0.2) is 8.70 Å². The van der Waals surface area contributed by atoms with E-state index in [1.807, 2.05) is 31.3 Å². The summed E-state index contributed by atoms with van der Waals surface area (Å²) in [6.07, 6.45) is 6.16. The molecule has 0 spiro atoms. The molecule has 5 rings (SSSR count). The Kier molecular flexibility index (Phi) is 6.69. The Morgan fingerprint density at radius 1 is 1.03 bits per heavy atom. The van der Waals surface area contributed by atoms with Crippen molar-refractivity contribution in [3.63, 3.8) is 0 Å². The molecular weight excluding hydrogens is 433 g/mol. The molecule has 0 N–H and O–H groups in total. The molecule has 0 amide bonds. The highest BCUT2D eigenvalue weighted by Crippen LogP contribution is 2.43. The summed E-state index contributed by atoms with van der Waals surface area (Å²) in [6.45, 7) is 6.72. The lowest BCUT2D eigenvalue weighted by Gasteiger charge is -2.37. The van der Waals surface area contributed by atoms with Crippen molar-refractivity contribution in [3.8, 4) is 0 Å². The van der Waals surface area contributed by atoms with E-state index in [4.69, 9.17) is 0 Å². The van der Waals surface area contributed by atoms with E-state index in [0.29, 0.717) is 23.9 Å². The maximum Gasteiger partial charge on any atom is 0.129 e. The van der Waals surface area contributed by atoms with E-state index in [-0.39, 0.29) is 5.82 Å². The topological polar surface area (TPSA) is 37.2 Å². The first kappa shape index (κ1) is 22.4. The van der Waals surface area contributed by atoms with Gasteiger partial charge in [-0.05, 0) is 57.2 Å². The Bertz CT molecular complexity index is 1060. The average Bonchev–Trinajstić information content (AvgIpc) is 3.28. The van der Waals surface area contributed by atoms with Crippen molar-refractivity contribution in [3.05, 3.63) is 77.6 Å². The van der Waals surface area contributed by atoms with E-state index in [9.17, 15) is 0 Å². The summed E-state index contributed by atoms with van der Waals surface area (Å²) >= 11 is 1.87. The molecule has 3 heterocycles. The van der Waals surface area contributed by atoms with Crippen LogP contribution in [0.15, 0.2) is 54.9 Å². The Balaban J connectivity index is 1.22. The molecule has 0 bridgehead atoms. The monoisotopic (exact) mass is 465 g/mol. The fourth-order valence-electron chi connectivity index (χ4n) is 5.03. The highest BCUT2D eigenvalue weighted by molar-refractivity contribution is 7.97. The molecule has 2 aliphatic rings. The average molecular weight is 466 g/mol. The molecule has 7 heteroatoms. The van der Waals surface area contributed by atoms with Crippen molar-refractivity contribution in [1.29, 1.82) is 0 Å². The van der Waals surface area contributed by atoms with Gasteiger partial charge in [-0.3, -0.25) is 0 Å². The van der Waals surface area contributed by atoms with Crippen LogP contribution in [0.4, 0.5) is 10.1 Å². The highest BCUT2D eigenvalue weighted by atomic mass is 32.2. The van der Waals surface area contributed by atoms with Crippen LogP contribution in [0.3, 0.4) is 0 Å². The van der Waals surface area contributed by atoms with Crippen molar-refractivity contribution in [2.75, 3.05) is 18.0 Å². The van der Waals surface area contributed by atoms with Gasteiger partial charge < -0.3 is 9.47 Å². The zero-order valence-corrected chi connectivity index (χ0v) is 20.2. The lowest BCUT2D eigenvalue weighted by atomic mass is 10.0. The van der Waals surface area contributed by atoms with Crippen LogP contribution in [-0.4, -0.2) is 38.2 Å². The molecule has 0 unspecified atom stereocenters. The van der Waals surface area contributed by atoms with Gasteiger partial charge in [-0.2, -0.15) is 0 Å². The second-order valence-corrected chi connectivity index (χ2v) is 10.5. The Hall–Kier alpha value is -2.38. The summed E-state index contributed by atoms with van der Waals surface area (Å²) in [7, 11) is 0. The van der Waals surface area contributed by atoms with Crippen LogP contribution in [0.1, 0.15) is 60.9 Å². The third-order valence-electron chi connectivity index (χ3n) is 7.11. The minimum atomic E-state index is -0.0982. The van der Waals surface area contributed by atoms with Crippen molar-refractivity contribution in [2.45, 2.75) is 63.4 Å². The van der Waals surface area contributed by atoms with Crippen LogP contribution in [0, 0.1) is 12.7 Å². The number of rotatable bonds is 5. The van der Waals surface area contributed by atoms with Crippen LogP contribution < -0.4 is 4.90 Å².